The summed E-state index contributed by atoms with van der Waals surface area (Å²) in [5.41, 5.74) is 1.35. The fourth-order valence-electron chi connectivity index (χ4n) is 1.79. The number of aryl methyl sites for hydroxylation is 2. The smallest absolute Gasteiger partial charge is 0.271 e. The van der Waals surface area contributed by atoms with Crippen LogP contribution in [0.25, 0.3) is 0 Å². The van der Waals surface area contributed by atoms with Crippen LogP contribution >= 0.6 is 11.6 Å². The molecule has 2 aromatic rings. The SMILES string of the molecule is Cc1cc(C(=O)NCC(C)Oc2ccc(Cl)cc2)nn1C. The van der Waals surface area contributed by atoms with Gasteiger partial charge in [-0.05, 0) is 44.2 Å². The largest absolute Gasteiger partial charge is 0.489 e. The molecule has 5 nitrogen and oxygen atoms in total. The second-order valence-electron chi connectivity index (χ2n) is 4.89. The van der Waals surface area contributed by atoms with Gasteiger partial charge in [0.1, 0.15) is 17.5 Å². The number of hydrogen-bond donors (Lipinski definition) is 1. The molecule has 1 aromatic carbocycles. The Labute approximate surface area is 128 Å². The first kappa shape index (κ1) is 15.4. The molecule has 1 unspecified atom stereocenters. The lowest BCUT2D eigenvalue weighted by Crippen LogP contribution is -2.33. The number of halogens is 1. The summed E-state index contributed by atoms with van der Waals surface area (Å²) in [6.07, 6.45) is -0.153. The Morgan fingerprint density at radius 3 is 2.67 bits per heavy atom. The van der Waals surface area contributed by atoms with Crippen molar-refractivity contribution in [2.45, 2.75) is 20.0 Å². The van der Waals surface area contributed by atoms with E-state index in [1.165, 1.54) is 0 Å². The minimum absolute atomic E-state index is 0.153. The molecule has 1 amide bonds. The summed E-state index contributed by atoms with van der Waals surface area (Å²) in [6.45, 7) is 4.19. The molecule has 0 aliphatic carbocycles. The maximum atomic E-state index is 12.0. The standard InChI is InChI=1S/C15H18ClN3O2/c1-10-8-14(18-19(10)3)15(20)17-9-11(2)21-13-6-4-12(16)5-7-13/h4-8,11H,9H2,1-3H3,(H,17,20). The van der Waals surface area contributed by atoms with Crippen molar-refractivity contribution in [2.75, 3.05) is 6.54 Å². The summed E-state index contributed by atoms with van der Waals surface area (Å²) in [6, 6.07) is 8.86. The van der Waals surface area contributed by atoms with Gasteiger partial charge in [0.15, 0.2) is 0 Å². The van der Waals surface area contributed by atoms with Crippen LogP contribution in [0.1, 0.15) is 23.1 Å². The number of nitrogens with zero attached hydrogens (tertiary/aromatic N) is 2. The fraction of sp³-hybridized carbons (Fsp3) is 0.333. The van der Waals surface area contributed by atoms with Crippen LogP contribution in [0.15, 0.2) is 30.3 Å². The number of hydrogen-bond acceptors (Lipinski definition) is 3. The van der Waals surface area contributed by atoms with E-state index < -0.39 is 0 Å². The maximum Gasteiger partial charge on any atom is 0.271 e. The third-order valence-electron chi connectivity index (χ3n) is 3.05. The summed E-state index contributed by atoms with van der Waals surface area (Å²) in [7, 11) is 1.80. The van der Waals surface area contributed by atoms with Crippen molar-refractivity contribution in [3.05, 3.63) is 46.7 Å². The van der Waals surface area contributed by atoms with E-state index in [4.69, 9.17) is 16.3 Å². The fourth-order valence-corrected chi connectivity index (χ4v) is 1.91. The molecule has 0 fully saturated rings. The summed E-state index contributed by atoms with van der Waals surface area (Å²) in [4.78, 5) is 12.0. The average molecular weight is 308 g/mol. The van der Waals surface area contributed by atoms with E-state index in [9.17, 15) is 4.79 Å². The molecule has 0 saturated heterocycles. The van der Waals surface area contributed by atoms with Gasteiger partial charge in [0, 0.05) is 17.8 Å². The quantitative estimate of drug-likeness (QED) is 0.923. The average Bonchev–Trinajstić information content (AvgIpc) is 2.79. The number of benzene rings is 1. The Balaban J connectivity index is 1.84. The normalized spacial score (nSPS) is 12.0. The highest BCUT2D eigenvalue weighted by atomic mass is 35.5. The van der Waals surface area contributed by atoms with Crippen LogP contribution in [-0.2, 0) is 7.05 Å². The number of carbonyl (C=O) groups excluding carboxylic acids is 1. The number of ether oxygens (including phenoxy) is 1. The molecular weight excluding hydrogens is 290 g/mol. The van der Waals surface area contributed by atoms with Crippen molar-refractivity contribution in [1.82, 2.24) is 15.1 Å². The monoisotopic (exact) mass is 307 g/mol. The topological polar surface area (TPSA) is 56.1 Å². The molecule has 0 aliphatic rings. The second kappa shape index (κ2) is 6.63. The highest BCUT2D eigenvalue weighted by Crippen LogP contribution is 2.16. The van der Waals surface area contributed by atoms with Gasteiger partial charge in [0.05, 0.1) is 6.54 Å². The first-order chi connectivity index (χ1) is 9.95. The Hall–Kier alpha value is -2.01. The van der Waals surface area contributed by atoms with Crippen LogP contribution in [-0.4, -0.2) is 28.3 Å². The molecule has 1 atom stereocenters. The minimum atomic E-state index is -0.203. The van der Waals surface area contributed by atoms with Gasteiger partial charge in [-0.2, -0.15) is 5.10 Å². The van der Waals surface area contributed by atoms with Gasteiger partial charge in [-0.15, -0.1) is 0 Å². The molecule has 0 bridgehead atoms. The Morgan fingerprint density at radius 1 is 1.43 bits per heavy atom. The molecule has 1 heterocycles. The Bertz CT molecular complexity index is 603. The van der Waals surface area contributed by atoms with Crippen LogP contribution in [0.2, 0.25) is 5.02 Å². The van der Waals surface area contributed by atoms with E-state index in [1.807, 2.05) is 13.8 Å². The first-order valence-corrected chi connectivity index (χ1v) is 7.04. The molecule has 2 rings (SSSR count). The van der Waals surface area contributed by atoms with Gasteiger partial charge >= 0.3 is 0 Å². The summed E-state index contributed by atoms with van der Waals surface area (Å²) >= 11 is 5.81. The number of amides is 1. The minimum Gasteiger partial charge on any atom is -0.489 e. The van der Waals surface area contributed by atoms with E-state index >= 15 is 0 Å². The molecule has 1 aromatic heterocycles. The summed E-state index contributed by atoms with van der Waals surface area (Å²) in [5, 5.41) is 7.60. The van der Waals surface area contributed by atoms with Gasteiger partial charge in [-0.3, -0.25) is 9.48 Å². The van der Waals surface area contributed by atoms with Crippen molar-refractivity contribution >= 4 is 17.5 Å². The predicted octanol–water partition coefficient (Wildman–Crippen LogP) is 2.58. The number of nitrogens with one attached hydrogen (secondary N) is 1. The summed E-state index contributed by atoms with van der Waals surface area (Å²) in [5.74, 6) is 0.514. The zero-order valence-electron chi connectivity index (χ0n) is 12.3. The zero-order valence-corrected chi connectivity index (χ0v) is 13.0. The number of aromatic nitrogens is 2. The van der Waals surface area contributed by atoms with Crippen LogP contribution in [0.5, 0.6) is 5.75 Å². The van der Waals surface area contributed by atoms with E-state index in [2.05, 4.69) is 10.4 Å². The molecule has 6 heteroatoms. The maximum absolute atomic E-state index is 12.0. The summed E-state index contributed by atoms with van der Waals surface area (Å²) < 4.78 is 7.35. The van der Waals surface area contributed by atoms with Crippen LogP contribution in [0, 0.1) is 6.92 Å². The lowest BCUT2D eigenvalue weighted by Gasteiger charge is -2.15. The zero-order chi connectivity index (χ0) is 15.4. The third-order valence-corrected chi connectivity index (χ3v) is 3.30. The van der Waals surface area contributed by atoms with Gasteiger partial charge in [-0.25, -0.2) is 0 Å². The van der Waals surface area contributed by atoms with Gasteiger partial charge in [0.25, 0.3) is 5.91 Å². The van der Waals surface area contributed by atoms with E-state index in [1.54, 1.807) is 42.1 Å². The van der Waals surface area contributed by atoms with Crippen LogP contribution in [0.3, 0.4) is 0 Å². The van der Waals surface area contributed by atoms with Crippen LogP contribution < -0.4 is 10.1 Å². The number of carbonyl (C=O) groups is 1. The predicted molar refractivity (Wildman–Crippen MR) is 81.8 cm³/mol. The highest BCUT2D eigenvalue weighted by molar-refractivity contribution is 6.30. The Morgan fingerprint density at radius 2 is 2.10 bits per heavy atom. The van der Waals surface area contributed by atoms with Crippen molar-refractivity contribution < 1.29 is 9.53 Å². The van der Waals surface area contributed by atoms with E-state index in [0.29, 0.717) is 17.3 Å². The van der Waals surface area contributed by atoms with E-state index in [0.717, 1.165) is 11.4 Å². The van der Waals surface area contributed by atoms with Gasteiger partial charge in [-0.1, -0.05) is 11.6 Å². The lowest BCUT2D eigenvalue weighted by molar-refractivity contribution is 0.0926. The first-order valence-electron chi connectivity index (χ1n) is 6.67. The molecule has 1 N–H and O–H groups in total. The molecular formula is C15H18ClN3O2. The van der Waals surface area contributed by atoms with Crippen LogP contribution in [0.4, 0.5) is 0 Å². The molecule has 0 radical (unpaired) electrons. The Kier molecular flexibility index (Phi) is 4.85. The third kappa shape index (κ3) is 4.23. The van der Waals surface area contributed by atoms with Crippen molar-refractivity contribution in [1.29, 1.82) is 0 Å². The number of rotatable bonds is 5. The second-order valence-corrected chi connectivity index (χ2v) is 5.32. The molecule has 0 spiro atoms. The highest BCUT2D eigenvalue weighted by Gasteiger charge is 2.12. The molecule has 0 aliphatic heterocycles. The van der Waals surface area contributed by atoms with Crippen molar-refractivity contribution in [2.24, 2.45) is 7.05 Å². The molecule has 112 valence electrons. The lowest BCUT2D eigenvalue weighted by atomic mass is 10.3. The molecule has 21 heavy (non-hydrogen) atoms. The van der Waals surface area contributed by atoms with Crippen molar-refractivity contribution in [3.8, 4) is 5.75 Å². The van der Waals surface area contributed by atoms with Gasteiger partial charge < -0.3 is 10.1 Å². The van der Waals surface area contributed by atoms with Gasteiger partial charge in [0.2, 0.25) is 0 Å². The molecule has 0 saturated carbocycles. The van der Waals surface area contributed by atoms with Crippen molar-refractivity contribution in [3.63, 3.8) is 0 Å². The van der Waals surface area contributed by atoms with E-state index in [-0.39, 0.29) is 12.0 Å².